The molecule has 3 nitrogen and oxygen atoms in total. The molecule has 3 heteroatoms. The third-order valence-corrected chi connectivity index (χ3v) is 5.55. The van der Waals surface area contributed by atoms with Crippen LogP contribution in [0.1, 0.15) is 46.5 Å². The number of nitrogens with zero attached hydrogens (tertiary/aromatic N) is 2. The molecule has 3 aliphatic heterocycles. The van der Waals surface area contributed by atoms with Crippen LogP contribution in [0.2, 0.25) is 0 Å². The van der Waals surface area contributed by atoms with Gasteiger partial charge in [-0.3, -0.25) is 9.80 Å². The summed E-state index contributed by atoms with van der Waals surface area (Å²) in [5.41, 5.74) is 0. The summed E-state index contributed by atoms with van der Waals surface area (Å²) in [6, 6.07) is 2.21. The Morgan fingerprint density at radius 3 is 2.63 bits per heavy atom. The Bertz CT molecular complexity index is 307. The van der Waals surface area contributed by atoms with Gasteiger partial charge in [0.25, 0.3) is 0 Å². The Kier molecular flexibility index (Phi) is 4.16. The number of piperazine rings is 1. The maximum Gasteiger partial charge on any atom is 0.0703 e. The number of piperidine rings is 1. The van der Waals surface area contributed by atoms with E-state index < -0.39 is 0 Å². The number of ether oxygens (including phenoxy) is 1. The lowest BCUT2D eigenvalue weighted by Gasteiger charge is -2.52. The maximum atomic E-state index is 5.83. The molecular formula is C16H30N2O. The Balaban J connectivity index is 1.75. The summed E-state index contributed by atoms with van der Waals surface area (Å²) in [7, 11) is 0. The van der Waals surface area contributed by atoms with E-state index in [9.17, 15) is 0 Å². The summed E-state index contributed by atoms with van der Waals surface area (Å²) in [5.74, 6) is 0.746. The zero-order valence-electron chi connectivity index (χ0n) is 12.8. The average Bonchev–Trinajstić information content (AvgIpc) is 2.83. The molecule has 0 amide bonds. The molecule has 4 unspecified atom stereocenters. The monoisotopic (exact) mass is 266 g/mol. The van der Waals surface area contributed by atoms with Crippen molar-refractivity contribution in [2.75, 3.05) is 26.2 Å². The molecule has 19 heavy (non-hydrogen) atoms. The van der Waals surface area contributed by atoms with Gasteiger partial charge >= 0.3 is 0 Å². The van der Waals surface area contributed by atoms with Gasteiger partial charge in [0.15, 0.2) is 0 Å². The molecule has 0 bridgehead atoms. The first-order chi connectivity index (χ1) is 9.16. The van der Waals surface area contributed by atoms with E-state index in [1.54, 1.807) is 0 Å². The minimum atomic E-state index is 0.427. The van der Waals surface area contributed by atoms with Crippen molar-refractivity contribution in [3.8, 4) is 0 Å². The summed E-state index contributed by atoms with van der Waals surface area (Å²) in [4.78, 5) is 5.58. The molecule has 0 aliphatic carbocycles. The molecule has 110 valence electrons. The minimum Gasteiger partial charge on any atom is -0.377 e. The maximum absolute atomic E-state index is 5.83. The third-order valence-electron chi connectivity index (χ3n) is 5.55. The van der Waals surface area contributed by atoms with Crippen LogP contribution < -0.4 is 0 Å². The van der Waals surface area contributed by atoms with E-state index in [0.717, 1.165) is 24.6 Å². The van der Waals surface area contributed by atoms with Crippen molar-refractivity contribution in [3.63, 3.8) is 0 Å². The van der Waals surface area contributed by atoms with E-state index in [-0.39, 0.29) is 0 Å². The molecule has 3 aliphatic rings. The highest BCUT2D eigenvalue weighted by molar-refractivity contribution is 4.97. The molecule has 3 saturated heterocycles. The number of hydrogen-bond acceptors (Lipinski definition) is 3. The molecule has 3 fully saturated rings. The van der Waals surface area contributed by atoms with Gasteiger partial charge in [-0.2, -0.15) is 0 Å². The lowest BCUT2D eigenvalue weighted by molar-refractivity contribution is -0.0441. The highest BCUT2D eigenvalue weighted by Gasteiger charge is 2.42. The largest absolute Gasteiger partial charge is 0.377 e. The molecule has 0 N–H and O–H groups in total. The number of fused-ring (bicyclic) bond motifs is 1. The lowest BCUT2D eigenvalue weighted by Crippen LogP contribution is -2.64. The minimum absolute atomic E-state index is 0.427. The van der Waals surface area contributed by atoms with Crippen LogP contribution in [0, 0.1) is 5.92 Å². The molecule has 0 aromatic rings. The van der Waals surface area contributed by atoms with E-state index in [1.165, 1.54) is 45.3 Å². The first-order valence-electron chi connectivity index (χ1n) is 8.28. The second-order valence-corrected chi connectivity index (χ2v) is 7.08. The van der Waals surface area contributed by atoms with Crippen LogP contribution in [0.5, 0.6) is 0 Å². The molecule has 3 rings (SSSR count). The Hall–Kier alpha value is -0.120. The molecule has 0 saturated carbocycles. The van der Waals surface area contributed by atoms with Gasteiger partial charge < -0.3 is 4.74 Å². The van der Waals surface area contributed by atoms with Gasteiger partial charge in [-0.15, -0.1) is 0 Å². The number of hydrogen-bond donors (Lipinski definition) is 0. The van der Waals surface area contributed by atoms with Gasteiger partial charge in [-0.25, -0.2) is 0 Å². The highest BCUT2D eigenvalue weighted by atomic mass is 16.5. The molecule has 0 aromatic heterocycles. The summed E-state index contributed by atoms with van der Waals surface area (Å²) in [6.45, 7) is 11.9. The van der Waals surface area contributed by atoms with Crippen molar-refractivity contribution < 1.29 is 4.74 Å². The van der Waals surface area contributed by atoms with Crippen LogP contribution in [0.25, 0.3) is 0 Å². The molecular weight excluding hydrogens is 236 g/mol. The summed E-state index contributed by atoms with van der Waals surface area (Å²) < 4.78 is 5.83. The first-order valence-corrected chi connectivity index (χ1v) is 8.28. The standard InChI is InChI=1S/C16H30N2O/c1-12(2)16-11-17-8-5-4-6-14(17)10-18(16)15-7-9-19-13(15)3/h12-16H,4-11H2,1-3H3. The molecule has 0 spiro atoms. The van der Waals surface area contributed by atoms with Crippen LogP contribution in [-0.4, -0.2) is 60.3 Å². The lowest BCUT2D eigenvalue weighted by atomic mass is 9.90. The zero-order chi connectivity index (χ0) is 13.4. The van der Waals surface area contributed by atoms with Crippen LogP contribution in [0.4, 0.5) is 0 Å². The fraction of sp³-hybridized carbons (Fsp3) is 1.00. The Morgan fingerprint density at radius 1 is 1.11 bits per heavy atom. The predicted molar refractivity (Wildman–Crippen MR) is 78.4 cm³/mol. The van der Waals surface area contributed by atoms with Gasteiger partial charge in [0.1, 0.15) is 0 Å². The van der Waals surface area contributed by atoms with Gasteiger partial charge in [0.05, 0.1) is 6.10 Å². The second kappa shape index (κ2) is 5.71. The van der Waals surface area contributed by atoms with Crippen molar-refractivity contribution in [1.29, 1.82) is 0 Å². The normalized spacial score (nSPS) is 41.7. The van der Waals surface area contributed by atoms with Gasteiger partial charge in [-0.1, -0.05) is 20.3 Å². The molecule has 4 atom stereocenters. The van der Waals surface area contributed by atoms with Crippen molar-refractivity contribution in [2.24, 2.45) is 5.92 Å². The van der Waals surface area contributed by atoms with E-state index in [1.807, 2.05) is 0 Å². The van der Waals surface area contributed by atoms with Crippen LogP contribution >= 0.6 is 0 Å². The Labute approximate surface area is 118 Å². The van der Waals surface area contributed by atoms with Crippen LogP contribution in [0.3, 0.4) is 0 Å². The SMILES string of the molecule is CC(C)C1CN2CCCCC2CN1C1CCOC1C. The van der Waals surface area contributed by atoms with Crippen molar-refractivity contribution in [1.82, 2.24) is 9.80 Å². The average molecular weight is 266 g/mol. The van der Waals surface area contributed by atoms with Crippen molar-refractivity contribution in [2.45, 2.75) is 70.7 Å². The van der Waals surface area contributed by atoms with E-state index in [4.69, 9.17) is 4.74 Å². The zero-order valence-corrected chi connectivity index (χ0v) is 12.8. The predicted octanol–water partition coefficient (Wildman–Crippen LogP) is 2.36. The van der Waals surface area contributed by atoms with Gasteiger partial charge in [0, 0.05) is 37.8 Å². The van der Waals surface area contributed by atoms with E-state index >= 15 is 0 Å². The van der Waals surface area contributed by atoms with Crippen molar-refractivity contribution >= 4 is 0 Å². The van der Waals surface area contributed by atoms with E-state index in [0.29, 0.717) is 12.1 Å². The van der Waals surface area contributed by atoms with Crippen molar-refractivity contribution in [3.05, 3.63) is 0 Å². The quantitative estimate of drug-likeness (QED) is 0.763. The highest BCUT2D eigenvalue weighted by Crippen LogP contribution is 2.32. The number of rotatable bonds is 2. The van der Waals surface area contributed by atoms with E-state index in [2.05, 4.69) is 30.6 Å². The Morgan fingerprint density at radius 2 is 1.95 bits per heavy atom. The second-order valence-electron chi connectivity index (χ2n) is 7.08. The third kappa shape index (κ3) is 2.70. The smallest absolute Gasteiger partial charge is 0.0703 e. The first kappa shape index (κ1) is 13.8. The molecule has 0 aromatic carbocycles. The van der Waals surface area contributed by atoms with Gasteiger partial charge in [-0.05, 0) is 38.6 Å². The van der Waals surface area contributed by atoms with Crippen LogP contribution in [0.15, 0.2) is 0 Å². The molecule has 3 heterocycles. The summed E-state index contributed by atoms with van der Waals surface area (Å²) in [5, 5.41) is 0. The molecule has 0 radical (unpaired) electrons. The fourth-order valence-electron chi connectivity index (χ4n) is 4.36. The summed E-state index contributed by atoms with van der Waals surface area (Å²) in [6.07, 6.45) is 5.90. The van der Waals surface area contributed by atoms with Gasteiger partial charge in [0.2, 0.25) is 0 Å². The van der Waals surface area contributed by atoms with Crippen LogP contribution in [-0.2, 0) is 4.74 Å². The fourth-order valence-corrected chi connectivity index (χ4v) is 4.36. The summed E-state index contributed by atoms with van der Waals surface area (Å²) >= 11 is 0. The topological polar surface area (TPSA) is 15.7 Å².